The van der Waals surface area contributed by atoms with Crippen molar-refractivity contribution in [1.29, 1.82) is 0 Å². The van der Waals surface area contributed by atoms with Gasteiger partial charge in [0.15, 0.2) is 5.69 Å². The summed E-state index contributed by atoms with van der Waals surface area (Å²) in [7, 11) is 0. The molecule has 1 aliphatic rings. The van der Waals surface area contributed by atoms with Gasteiger partial charge in [-0.25, -0.2) is 4.85 Å². The third-order valence-electron chi connectivity index (χ3n) is 2.62. The molecule has 1 aromatic carbocycles. The lowest BCUT2D eigenvalue weighted by molar-refractivity contribution is -0.383. The zero-order valence-corrected chi connectivity index (χ0v) is 9.05. The minimum atomic E-state index is -0.461. The second-order valence-corrected chi connectivity index (χ2v) is 3.73. The van der Waals surface area contributed by atoms with Gasteiger partial charge in [0, 0.05) is 19.2 Å². The average Bonchev–Trinajstić information content (AvgIpc) is 2.26. The largest absolute Gasteiger partial charge is 0.378 e. The molecule has 1 atom stereocenters. The molecule has 1 aliphatic heterocycles. The Bertz CT molecular complexity index is 477. The number of ether oxygens (including phenoxy) is 1. The van der Waals surface area contributed by atoms with E-state index >= 15 is 0 Å². The summed E-state index contributed by atoms with van der Waals surface area (Å²) in [6.07, 6.45) is 1.08. The molecule has 1 N–H and O–H groups in total. The maximum absolute atomic E-state index is 10.8. The van der Waals surface area contributed by atoms with E-state index in [1.54, 1.807) is 0 Å². The van der Waals surface area contributed by atoms with Crippen molar-refractivity contribution in [1.82, 2.24) is 0 Å². The first-order valence-corrected chi connectivity index (χ1v) is 5.22. The van der Waals surface area contributed by atoms with E-state index in [-0.39, 0.29) is 11.8 Å². The fourth-order valence-corrected chi connectivity index (χ4v) is 1.56. The smallest absolute Gasteiger partial charge is 0.289 e. The molecule has 0 aliphatic carbocycles. The van der Waals surface area contributed by atoms with Crippen LogP contribution >= 0.6 is 0 Å². The lowest BCUT2D eigenvalue weighted by Gasteiger charge is -2.26. The minimum absolute atomic E-state index is 0.0169. The first-order chi connectivity index (χ1) is 8.20. The maximum atomic E-state index is 10.8. The van der Waals surface area contributed by atoms with Crippen molar-refractivity contribution in [2.75, 3.05) is 18.5 Å². The van der Waals surface area contributed by atoms with Crippen molar-refractivity contribution in [2.24, 2.45) is 0 Å². The molecule has 17 heavy (non-hydrogen) atoms. The van der Waals surface area contributed by atoms with Crippen LogP contribution in [-0.4, -0.2) is 24.2 Å². The lowest BCUT2D eigenvalue weighted by Crippen LogP contribution is -2.33. The molecule has 1 fully saturated rings. The monoisotopic (exact) mass is 233 g/mol. The van der Waals surface area contributed by atoms with E-state index in [4.69, 9.17) is 11.3 Å². The topological polar surface area (TPSA) is 68.8 Å². The molecular formula is C11H11N3O3. The summed E-state index contributed by atoms with van der Waals surface area (Å²) in [5.41, 5.74) is 0.739. The van der Waals surface area contributed by atoms with Gasteiger partial charge in [0.05, 0.1) is 17.6 Å². The SMILES string of the molecule is [C-]#[N+]c1ccc([N+](=O)[O-])c(NC[C@@H]2CCO2)c1. The number of benzene rings is 1. The average molecular weight is 233 g/mol. The Morgan fingerprint density at radius 2 is 2.41 bits per heavy atom. The predicted octanol–water partition coefficient (Wildman–Crippen LogP) is 2.35. The molecule has 2 rings (SSSR count). The Kier molecular flexibility index (Phi) is 3.21. The highest BCUT2D eigenvalue weighted by atomic mass is 16.6. The van der Waals surface area contributed by atoms with Crippen molar-refractivity contribution < 1.29 is 9.66 Å². The fourth-order valence-electron chi connectivity index (χ4n) is 1.56. The minimum Gasteiger partial charge on any atom is -0.378 e. The van der Waals surface area contributed by atoms with E-state index in [1.807, 2.05) is 0 Å². The van der Waals surface area contributed by atoms with Gasteiger partial charge in [-0.1, -0.05) is 0 Å². The summed E-state index contributed by atoms with van der Waals surface area (Å²) < 4.78 is 5.22. The van der Waals surface area contributed by atoms with E-state index in [0.29, 0.717) is 17.9 Å². The van der Waals surface area contributed by atoms with Gasteiger partial charge in [-0.15, -0.1) is 0 Å². The standard InChI is InChI=1S/C11H11N3O3/c1-12-8-2-3-11(14(15)16)10(6-8)13-7-9-4-5-17-9/h2-3,6,9,13H,4-5,7H2/t9-/m0/s1. The number of rotatable bonds is 4. The van der Waals surface area contributed by atoms with Gasteiger partial charge < -0.3 is 10.1 Å². The summed E-state index contributed by atoms with van der Waals surface area (Å²) in [6, 6.07) is 4.28. The summed E-state index contributed by atoms with van der Waals surface area (Å²) in [5, 5.41) is 13.8. The van der Waals surface area contributed by atoms with Crippen LogP contribution in [0.15, 0.2) is 18.2 Å². The molecule has 0 bridgehead atoms. The number of nitro groups is 1. The first kappa shape index (κ1) is 11.4. The zero-order valence-electron chi connectivity index (χ0n) is 9.05. The number of hydrogen-bond donors (Lipinski definition) is 1. The van der Waals surface area contributed by atoms with Crippen LogP contribution in [0.4, 0.5) is 17.1 Å². The Hall–Kier alpha value is -2.13. The van der Waals surface area contributed by atoms with Crippen molar-refractivity contribution in [3.63, 3.8) is 0 Å². The van der Waals surface area contributed by atoms with Crippen LogP contribution in [0.3, 0.4) is 0 Å². The van der Waals surface area contributed by atoms with E-state index in [0.717, 1.165) is 13.0 Å². The molecule has 1 aromatic rings. The molecule has 6 nitrogen and oxygen atoms in total. The Morgan fingerprint density at radius 1 is 1.65 bits per heavy atom. The van der Waals surface area contributed by atoms with Crippen LogP contribution in [-0.2, 0) is 4.74 Å². The third kappa shape index (κ3) is 2.52. The van der Waals surface area contributed by atoms with Gasteiger partial charge in [0.1, 0.15) is 5.69 Å². The van der Waals surface area contributed by atoms with Crippen LogP contribution in [0.5, 0.6) is 0 Å². The van der Waals surface area contributed by atoms with Crippen LogP contribution < -0.4 is 5.32 Å². The molecule has 6 heteroatoms. The number of anilines is 1. The van der Waals surface area contributed by atoms with Gasteiger partial charge >= 0.3 is 0 Å². The molecule has 0 unspecified atom stereocenters. The molecule has 0 aromatic heterocycles. The van der Waals surface area contributed by atoms with E-state index < -0.39 is 4.92 Å². The molecule has 0 saturated carbocycles. The summed E-state index contributed by atoms with van der Waals surface area (Å²) in [6.45, 7) is 8.16. The summed E-state index contributed by atoms with van der Waals surface area (Å²) >= 11 is 0. The molecule has 1 saturated heterocycles. The van der Waals surface area contributed by atoms with Crippen molar-refractivity contribution in [3.05, 3.63) is 39.7 Å². The summed E-state index contributed by atoms with van der Waals surface area (Å²) in [4.78, 5) is 13.6. The molecule has 0 spiro atoms. The highest BCUT2D eigenvalue weighted by Crippen LogP contribution is 2.29. The van der Waals surface area contributed by atoms with Gasteiger partial charge in [0.2, 0.25) is 0 Å². The van der Waals surface area contributed by atoms with Gasteiger partial charge in [-0.05, 0) is 18.6 Å². The van der Waals surface area contributed by atoms with Crippen LogP contribution in [0, 0.1) is 16.7 Å². The molecule has 0 radical (unpaired) electrons. The van der Waals surface area contributed by atoms with Crippen molar-refractivity contribution in [2.45, 2.75) is 12.5 Å². The first-order valence-electron chi connectivity index (χ1n) is 5.22. The molecular weight excluding hydrogens is 222 g/mol. The Balaban J connectivity index is 2.15. The summed E-state index contributed by atoms with van der Waals surface area (Å²) in [5.74, 6) is 0. The molecule has 88 valence electrons. The molecule has 1 heterocycles. The van der Waals surface area contributed by atoms with E-state index in [2.05, 4.69) is 10.2 Å². The Morgan fingerprint density at radius 3 is 2.94 bits per heavy atom. The number of nitrogens with zero attached hydrogens (tertiary/aromatic N) is 2. The van der Waals surface area contributed by atoms with Crippen molar-refractivity contribution in [3.8, 4) is 0 Å². The number of hydrogen-bond acceptors (Lipinski definition) is 4. The zero-order chi connectivity index (χ0) is 12.3. The van der Waals surface area contributed by atoms with Crippen molar-refractivity contribution >= 4 is 17.1 Å². The third-order valence-corrected chi connectivity index (χ3v) is 2.62. The van der Waals surface area contributed by atoms with Gasteiger partial charge in [-0.3, -0.25) is 10.1 Å². The van der Waals surface area contributed by atoms with E-state index in [1.165, 1.54) is 18.2 Å². The van der Waals surface area contributed by atoms with Crippen LogP contribution in [0.1, 0.15) is 6.42 Å². The highest BCUT2D eigenvalue weighted by molar-refractivity contribution is 5.68. The van der Waals surface area contributed by atoms with Crippen LogP contribution in [0.2, 0.25) is 0 Å². The molecule has 0 amide bonds. The highest BCUT2D eigenvalue weighted by Gasteiger charge is 2.20. The second-order valence-electron chi connectivity index (χ2n) is 3.73. The predicted molar refractivity (Wildman–Crippen MR) is 62.2 cm³/mol. The van der Waals surface area contributed by atoms with Gasteiger partial charge in [0.25, 0.3) is 5.69 Å². The number of nitrogens with one attached hydrogen (secondary N) is 1. The maximum Gasteiger partial charge on any atom is 0.289 e. The van der Waals surface area contributed by atoms with E-state index in [9.17, 15) is 10.1 Å². The Labute approximate surface area is 98.2 Å². The lowest BCUT2D eigenvalue weighted by atomic mass is 10.2. The normalized spacial score (nSPS) is 17.9. The van der Waals surface area contributed by atoms with Crippen LogP contribution in [0.25, 0.3) is 4.85 Å². The van der Waals surface area contributed by atoms with Gasteiger partial charge in [-0.2, -0.15) is 0 Å². The quantitative estimate of drug-likeness (QED) is 0.492. The second kappa shape index (κ2) is 4.80. The fraction of sp³-hybridized carbons (Fsp3) is 0.364. The number of nitro benzene ring substituents is 1.